The van der Waals surface area contributed by atoms with Crippen molar-refractivity contribution in [3.63, 3.8) is 0 Å². The fraction of sp³-hybridized carbons (Fsp3) is 0. The molecule has 0 atom stereocenters. The van der Waals surface area contributed by atoms with Gasteiger partial charge in [0.2, 0.25) is 0 Å². The maximum atomic E-state index is 11.9. The van der Waals surface area contributed by atoms with E-state index in [0.29, 0.717) is 15.7 Å². The minimum atomic E-state index is -0.500. The van der Waals surface area contributed by atoms with Crippen LogP contribution in [0.25, 0.3) is 0 Å². The molecule has 2 aromatic carbocycles. The third kappa shape index (κ3) is 3.53. The molecule has 0 saturated heterocycles. The first kappa shape index (κ1) is 13.5. The number of amides is 1. The van der Waals surface area contributed by atoms with Crippen LogP contribution in [0.2, 0.25) is 10.0 Å². The molecule has 3 N–H and O–H groups in total. The van der Waals surface area contributed by atoms with Crippen LogP contribution in [0, 0.1) is 0 Å². The molecule has 0 aliphatic carbocycles. The Morgan fingerprint density at radius 3 is 2.53 bits per heavy atom. The highest BCUT2D eigenvalue weighted by atomic mass is 35.5. The van der Waals surface area contributed by atoms with Gasteiger partial charge in [0.05, 0.1) is 11.3 Å². The standard InChI is InChI=1S/C13H10Cl2N2O2/c14-8-2-1-3-10(6-8)16-17-13(19)11-7-9(15)4-5-12(11)18/h1-7,16,18H,(H,17,19). The van der Waals surface area contributed by atoms with E-state index in [9.17, 15) is 9.90 Å². The van der Waals surface area contributed by atoms with Gasteiger partial charge in [0, 0.05) is 10.0 Å². The molecule has 0 aromatic heterocycles. The Kier molecular flexibility index (Phi) is 4.14. The molecule has 0 unspecified atom stereocenters. The lowest BCUT2D eigenvalue weighted by atomic mass is 10.2. The summed E-state index contributed by atoms with van der Waals surface area (Å²) in [6, 6.07) is 11.1. The summed E-state index contributed by atoms with van der Waals surface area (Å²) in [5, 5.41) is 10.5. The third-order valence-corrected chi connectivity index (χ3v) is 2.82. The first-order valence-electron chi connectivity index (χ1n) is 5.37. The number of carbonyl (C=O) groups is 1. The van der Waals surface area contributed by atoms with E-state index in [4.69, 9.17) is 23.2 Å². The van der Waals surface area contributed by atoms with Gasteiger partial charge in [0.15, 0.2) is 0 Å². The number of aromatic hydroxyl groups is 1. The van der Waals surface area contributed by atoms with Crippen LogP contribution in [0.1, 0.15) is 10.4 Å². The first-order valence-corrected chi connectivity index (χ1v) is 6.12. The first-order chi connectivity index (χ1) is 9.06. The maximum absolute atomic E-state index is 11.9. The van der Waals surface area contributed by atoms with Crippen LogP contribution in [-0.2, 0) is 0 Å². The maximum Gasteiger partial charge on any atom is 0.273 e. The quantitative estimate of drug-likeness (QED) is 0.760. The van der Waals surface area contributed by atoms with Crippen molar-refractivity contribution in [2.75, 3.05) is 5.43 Å². The Hall–Kier alpha value is -1.91. The van der Waals surface area contributed by atoms with Gasteiger partial charge in [0.25, 0.3) is 5.91 Å². The minimum Gasteiger partial charge on any atom is -0.507 e. The van der Waals surface area contributed by atoms with Gasteiger partial charge < -0.3 is 5.11 Å². The van der Waals surface area contributed by atoms with Gasteiger partial charge in [-0.25, -0.2) is 0 Å². The predicted molar refractivity (Wildman–Crippen MR) is 75.7 cm³/mol. The van der Waals surface area contributed by atoms with E-state index in [1.165, 1.54) is 18.2 Å². The zero-order valence-corrected chi connectivity index (χ0v) is 11.2. The minimum absolute atomic E-state index is 0.0852. The molecule has 0 aliphatic rings. The summed E-state index contributed by atoms with van der Waals surface area (Å²) in [5.74, 6) is -0.644. The number of phenols is 1. The Morgan fingerprint density at radius 1 is 1.05 bits per heavy atom. The predicted octanol–water partition coefficient (Wildman–Crippen LogP) is 3.46. The van der Waals surface area contributed by atoms with E-state index >= 15 is 0 Å². The smallest absolute Gasteiger partial charge is 0.273 e. The Bertz CT molecular complexity index is 617. The number of halogens is 2. The second kappa shape index (κ2) is 5.82. The summed E-state index contributed by atoms with van der Waals surface area (Å²) in [6.07, 6.45) is 0. The number of nitrogens with one attached hydrogen (secondary N) is 2. The molecule has 98 valence electrons. The lowest BCUT2D eigenvalue weighted by molar-refractivity contribution is 0.0960. The molecule has 19 heavy (non-hydrogen) atoms. The topological polar surface area (TPSA) is 61.4 Å². The molecular weight excluding hydrogens is 287 g/mol. The summed E-state index contributed by atoms with van der Waals surface area (Å²) in [5.41, 5.74) is 5.85. The number of rotatable bonds is 3. The molecule has 6 heteroatoms. The lowest BCUT2D eigenvalue weighted by Crippen LogP contribution is -2.29. The molecule has 0 radical (unpaired) electrons. The normalized spacial score (nSPS) is 10.0. The van der Waals surface area contributed by atoms with Gasteiger partial charge in [-0.1, -0.05) is 29.3 Å². The largest absolute Gasteiger partial charge is 0.507 e. The molecule has 2 rings (SSSR count). The van der Waals surface area contributed by atoms with Crippen molar-refractivity contribution < 1.29 is 9.90 Å². The molecule has 0 fully saturated rings. The number of benzene rings is 2. The molecule has 0 bridgehead atoms. The van der Waals surface area contributed by atoms with E-state index < -0.39 is 5.91 Å². The molecule has 0 heterocycles. The lowest BCUT2D eigenvalue weighted by Gasteiger charge is -2.09. The van der Waals surface area contributed by atoms with Crippen molar-refractivity contribution in [1.82, 2.24) is 5.43 Å². The number of phenolic OH excluding ortho intramolecular Hbond substituents is 1. The van der Waals surface area contributed by atoms with Crippen molar-refractivity contribution in [2.45, 2.75) is 0 Å². The van der Waals surface area contributed by atoms with E-state index in [1.807, 2.05) is 0 Å². The second-order valence-electron chi connectivity index (χ2n) is 3.75. The second-order valence-corrected chi connectivity index (χ2v) is 4.62. The van der Waals surface area contributed by atoms with Gasteiger partial charge in [-0.05, 0) is 36.4 Å². The summed E-state index contributed by atoms with van der Waals surface area (Å²) in [4.78, 5) is 11.9. The van der Waals surface area contributed by atoms with E-state index in [0.717, 1.165) is 0 Å². The Balaban J connectivity index is 2.07. The van der Waals surface area contributed by atoms with Gasteiger partial charge in [-0.15, -0.1) is 0 Å². The molecule has 4 nitrogen and oxygen atoms in total. The van der Waals surface area contributed by atoms with Crippen LogP contribution in [0.5, 0.6) is 5.75 Å². The van der Waals surface area contributed by atoms with Crippen LogP contribution in [-0.4, -0.2) is 11.0 Å². The average Bonchev–Trinajstić information content (AvgIpc) is 2.39. The summed E-state index contributed by atoms with van der Waals surface area (Å²) >= 11 is 11.6. The van der Waals surface area contributed by atoms with Crippen LogP contribution in [0.15, 0.2) is 42.5 Å². The fourth-order valence-electron chi connectivity index (χ4n) is 1.45. The highest BCUT2D eigenvalue weighted by Crippen LogP contribution is 2.21. The highest BCUT2D eigenvalue weighted by molar-refractivity contribution is 6.31. The summed E-state index contributed by atoms with van der Waals surface area (Å²) in [7, 11) is 0. The van der Waals surface area contributed by atoms with Crippen molar-refractivity contribution in [1.29, 1.82) is 0 Å². The van der Waals surface area contributed by atoms with Crippen molar-refractivity contribution >= 4 is 34.8 Å². The average molecular weight is 297 g/mol. The molecule has 0 spiro atoms. The van der Waals surface area contributed by atoms with Gasteiger partial charge in [-0.2, -0.15) is 0 Å². The molecular formula is C13H10Cl2N2O2. The molecule has 0 saturated carbocycles. The summed E-state index contributed by atoms with van der Waals surface area (Å²) in [6.45, 7) is 0. The summed E-state index contributed by atoms with van der Waals surface area (Å²) < 4.78 is 0. The number of anilines is 1. The molecule has 0 aliphatic heterocycles. The molecule has 1 amide bonds. The van der Waals surface area contributed by atoms with E-state index in [2.05, 4.69) is 10.9 Å². The van der Waals surface area contributed by atoms with Crippen LogP contribution in [0.3, 0.4) is 0 Å². The van der Waals surface area contributed by atoms with Gasteiger partial charge in [-0.3, -0.25) is 15.6 Å². The van der Waals surface area contributed by atoms with Crippen molar-refractivity contribution in [2.24, 2.45) is 0 Å². The monoisotopic (exact) mass is 296 g/mol. The third-order valence-electron chi connectivity index (χ3n) is 2.35. The van der Waals surface area contributed by atoms with E-state index in [1.54, 1.807) is 24.3 Å². The zero-order valence-electron chi connectivity index (χ0n) is 9.65. The highest BCUT2D eigenvalue weighted by Gasteiger charge is 2.11. The number of carbonyl (C=O) groups excluding carboxylic acids is 1. The fourth-order valence-corrected chi connectivity index (χ4v) is 1.82. The van der Waals surface area contributed by atoms with Crippen molar-refractivity contribution in [3.8, 4) is 5.75 Å². The van der Waals surface area contributed by atoms with Crippen LogP contribution >= 0.6 is 23.2 Å². The van der Waals surface area contributed by atoms with Crippen LogP contribution < -0.4 is 10.9 Å². The SMILES string of the molecule is O=C(NNc1cccc(Cl)c1)c1cc(Cl)ccc1O. The van der Waals surface area contributed by atoms with Crippen LogP contribution in [0.4, 0.5) is 5.69 Å². The van der Waals surface area contributed by atoms with Gasteiger partial charge in [0.1, 0.15) is 5.75 Å². The number of hydrazine groups is 1. The van der Waals surface area contributed by atoms with Crippen molar-refractivity contribution in [3.05, 3.63) is 58.1 Å². The molecule has 2 aromatic rings. The number of hydrogen-bond acceptors (Lipinski definition) is 3. The van der Waals surface area contributed by atoms with Gasteiger partial charge >= 0.3 is 0 Å². The van der Waals surface area contributed by atoms with E-state index in [-0.39, 0.29) is 11.3 Å². The Labute approximate surface area is 119 Å². The number of hydrogen-bond donors (Lipinski definition) is 3. The zero-order chi connectivity index (χ0) is 13.8. The Morgan fingerprint density at radius 2 is 1.79 bits per heavy atom.